The van der Waals surface area contributed by atoms with Gasteiger partial charge in [-0.3, -0.25) is 14.4 Å². The van der Waals surface area contributed by atoms with E-state index in [1.165, 1.54) is 0 Å². The van der Waals surface area contributed by atoms with Gasteiger partial charge in [0.05, 0.1) is 6.04 Å². The zero-order valence-corrected chi connectivity index (χ0v) is 22.2. The lowest BCUT2D eigenvalue weighted by molar-refractivity contribution is -0.165. The number of nitrogens with one attached hydrogen (secondary N) is 1. The number of ketones is 1. The van der Waals surface area contributed by atoms with E-state index in [0.29, 0.717) is 6.42 Å². The summed E-state index contributed by atoms with van der Waals surface area (Å²) in [4.78, 5) is 51.7. The zero-order valence-electron chi connectivity index (χ0n) is 22.2. The monoisotopic (exact) mass is 511 g/mol. The molecule has 2 aromatic carbocycles. The smallest absolute Gasteiger partial charge is 0.408 e. The van der Waals surface area contributed by atoms with Gasteiger partial charge >= 0.3 is 18.0 Å². The van der Waals surface area contributed by atoms with E-state index in [1.54, 1.807) is 76.2 Å². The Morgan fingerprint density at radius 2 is 1.27 bits per heavy atom. The van der Waals surface area contributed by atoms with Crippen molar-refractivity contribution in [3.05, 3.63) is 71.8 Å². The van der Waals surface area contributed by atoms with E-state index in [-0.39, 0.29) is 19.1 Å². The maximum atomic E-state index is 13.3. The molecule has 2 rings (SSSR count). The van der Waals surface area contributed by atoms with Gasteiger partial charge in [0, 0.05) is 6.42 Å². The number of carbonyl (C=O) groups excluding carboxylic acids is 4. The van der Waals surface area contributed by atoms with E-state index >= 15 is 0 Å². The number of hydrogen-bond donors (Lipinski definition) is 1. The molecule has 0 saturated heterocycles. The molecule has 0 aliphatic rings. The first kappa shape index (κ1) is 29.5. The van der Waals surface area contributed by atoms with Crippen LogP contribution < -0.4 is 5.32 Å². The highest BCUT2D eigenvalue weighted by Gasteiger charge is 2.37. The predicted molar refractivity (Wildman–Crippen MR) is 138 cm³/mol. The number of carbonyl (C=O) groups is 4. The largest absolute Gasteiger partial charge is 0.460 e. The Morgan fingerprint density at radius 3 is 1.68 bits per heavy atom. The molecule has 8 heteroatoms. The SMILES string of the molecule is CC[C@H](C)[C@H](NC(=O)OC(C)(C)C)C(=O)CC(C(=O)OCc1ccccc1)C(=O)OCc1ccccc1. The van der Waals surface area contributed by atoms with Crippen molar-refractivity contribution >= 4 is 23.8 Å². The Kier molecular flexibility index (Phi) is 11.3. The summed E-state index contributed by atoms with van der Waals surface area (Å²) in [6, 6.07) is 17.1. The molecule has 0 radical (unpaired) electrons. The number of Topliss-reactive ketones (excluding diaryl/α,β-unsaturated/α-hetero) is 1. The summed E-state index contributed by atoms with van der Waals surface area (Å²) in [6.07, 6.45) is -0.652. The van der Waals surface area contributed by atoms with E-state index in [4.69, 9.17) is 14.2 Å². The zero-order chi connectivity index (χ0) is 27.4. The molecular weight excluding hydrogens is 474 g/mol. The van der Waals surface area contributed by atoms with Gasteiger partial charge in [-0.1, -0.05) is 80.9 Å². The van der Waals surface area contributed by atoms with Gasteiger partial charge < -0.3 is 19.5 Å². The molecule has 8 nitrogen and oxygen atoms in total. The third kappa shape index (κ3) is 10.5. The summed E-state index contributed by atoms with van der Waals surface area (Å²) < 4.78 is 16.1. The van der Waals surface area contributed by atoms with Crippen molar-refractivity contribution in [2.75, 3.05) is 0 Å². The molecule has 2 aromatic rings. The molecule has 1 N–H and O–H groups in total. The van der Waals surface area contributed by atoms with Crippen LogP contribution in [0, 0.1) is 11.8 Å². The second-order valence-corrected chi connectivity index (χ2v) is 9.92. The molecule has 0 unspecified atom stereocenters. The minimum Gasteiger partial charge on any atom is -0.460 e. The maximum absolute atomic E-state index is 13.3. The van der Waals surface area contributed by atoms with Gasteiger partial charge in [-0.15, -0.1) is 0 Å². The maximum Gasteiger partial charge on any atom is 0.408 e. The number of alkyl carbamates (subject to hydrolysis) is 1. The standard InChI is InChI=1S/C29H37NO7/c1-6-20(2)25(30-28(34)37-29(3,4)5)24(31)17-23(26(32)35-18-21-13-9-7-10-14-21)27(33)36-19-22-15-11-8-12-16-22/h7-16,20,23,25H,6,17-19H2,1-5H3,(H,30,34)/t20-,25-/m0/s1. The van der Waals surface area contributed by atoms with E-state index in [1.807, 2.05) is 19.1 Å². The predicted octanol–water partition coefficient (Wildman–Crippen LogP) is 4.99. The molecule has 0 heterocycles. The first-order valence-corrected chi connectivity index (χ1v) is 12.4. The van der Waals surface area contributed by atoms with Crippen molar-refractivity contribution in [3.63, 3.8) is 0 Å². The van der Waals surface area contributed by atoms with Crippen LogP contribution in [0.1, 0.15) is 58.6 Å². The molecule has 2 atom stereocenters. The lowest BCUT2D eigenvalue weighted by Crippen LogP contribution is -2.48. The van der Waals surface area contributed by atoms with Gasteiger partial charge in [-0.2, -0.15) is 0 Å². The molecule has 0 fully saturated rings. The minimum absolute atomic E-state index is 0.0543. The summed E-state index contributed by atoms with van der Waals surface area (Å²) in [7, 11) is 0. The van der Waals surface area contributed by atoms with Crippen molar-refractivity contribution in [2.45, 2.75) is 72.3 Å². The third-order valence-corrected chi connectivity index (χ3v) is 5.65. The highest BCUT2D eigenvalue weighted by Crippen LogP contribution is 2.19. The van der Waals surface area contributed by atoms with Crippen LogP contribution in [0.5, 0.6) is 0 Å². The molecule has 200 valence electrons. The van der Waals surface area contributed by atoms with Gasteiger partial charge in [0.15, 0.2) is 11.7 Å². The fraction of sp³-hybridized carbons (Fsp3) is 0.448. The summed E-state index contributed by atoms with van der Waals surface area (Å²) in [5.41, 5.74) is 0.725. The number of benzene rings is 2. The molecule has 0 bridgehead atoms. The highest BCUT2D eigenvalue weighted by molar-refractivity contribution is 6.00. The molecule has 0 saturated carbocycles. The molecule has 0 aliphatic carbocycles. The molecule has 0 aliphatic heterocycles. The summed E-state index contributed by atoms with van der Waals surface area (Å²) in [5, 5.41) is 2.61. The van der Waals surface area contributed by atoms with Crippen molar-refractivity contribution in [1.82, 2.24) is 5.32 Å². The first-order chi connectivity index (χ1) is 17.5. The topological polar surface area (TPSA) is 108 Å². The average Bonchev–Trinajstić information content (AvgIpc) is 2.87. The molecular formula is C29H37NO7. The van der Waals surface area contributed by atoms with Crippen LogP contribution in [0.15, 0.2) is 60.7 Å². The van der Waals surface area contributed by atoms with Gasteiger partial charge in [-0.25, -0.2) is 4.79 Å². The molecule has 0 spiro atoms. The Balaban J connectivity index is 2.18. The van der Waals surface area contributed by atoms with Crippen molar-refractivity contribution in [2.24, 2.45) is 11.8 Å². The fourth-order valence-electron chi connectivity index (χ4n) is 3.46. The Morgan fingerprint density at radius 1 is 0.811 bits per heavy atom. The van der Waals surface area contributed by atoms with Gasteiger partial charge in [0.2, 0.25) is 0 Å². The second-order valence-electron chi connectivity index (χ2n) is 9.92. The number of esters is 2. The van der Waals surface area contributed by atoms with Gasteiger partial charge in [0.1, 0.15) is 18.8 Å². The number of amides is 1. The fourth-order valence-corrected chi connectivity index (χ4v) is 3.46. The van der Waals surface area contributed by atoms with E-state index < -0.39 is 47.8 Å². The highest BCUT2D eigenvalue weighted by atomic mass is 16.6. The number of rotatable bonds is 12. The van der Waals surface area contributed by atoms with Crippen LogP contribution in [0.3, 0.4) is 0 Å². The van der Waals surface area contributed by atoms with Crippen LogP contribution in [-0.4, -0.2) is 35.5 Å². The van der Waals surface area contributed by atoms with Crippen LogP contribution in [-0.2, 0) is 41.8 Å². The van der Waals surface area contributed by atoms with Crippen molar-refractivity contribution in [3.8, 4) is 0 Å². The summed E-state index contributed by atoms with van der Waals surface area (Å²) >= 11 is 0. The van der Waals surface area contributed by atoms with Crippen molar-refractivity contribution in [1.29, 1.82) is 0 Å². The molecule has 0 aromatic heterocycles. The Labute approximate surface area is 218 Å². The van der Waals surface area contributed by atoms with E-state index in [0.717, 1.165) is 11.1 Å². The normalized spacial score (nSPS) is 12.8. The number of hydrogen-bond acceptors (Lipinski definition) is 7. The van der Waals surface area contributed by atoms with Crippen molar-refractivity contribution < 1.29 is 33.4 Å². The Bertz CT molecular complexity index is 976. The molecule has 1 amide bonds. The van der Waals surface area contributed by atoms with Crippen LogP contribution in [0.4, 0.5) is 4.79 Å². The number of ether oxygens (including phenoxy) is 3. The lowest BCUT2D eigenvalue weighted by atomic mass is 9.90. The summed E-state index contributed by atoms with van der Waals surface area (Å²) in [5.74, 6) is -3.96. The quantitative estimate of drug-likeness (QED) is 0.243. The van der Waals surface area contributed by atoms with E-state index in [9.17, 15) is 19.2 Å². The first-order valence-electron chi connectivity index (χ1n) is 12.4. The van der Waals surface area contributed by atoms with Crippen LogP contribution in [0.2, 0.25) is 0 Å². The van der Waals surface area contributed by atoms with Crippen LogP contribution >= 0.6 is 0 Å². The summed E-state index contributed by atoms with van der Waals surface area (Å²) in [6.45, 7) is 8.72. The molecule has 37 heavy (non-hydrogen) atoms. The second kappa shape index (κ2) is 14.2. The van der Waals surface area contributed by atoms with Crippen LogP contribution in [0.25, 0.3) is 0 Å². The third-order valence-electron chi connectivity index (χ3n) is 5.65. The Hall–Kier alpha value is -3.68. The van der Waals surface area contributed by atoms with E-state index in [2.05, 4.69) is 5.32 Å². The minimum atomic E-state index is -1.48. The van der Waals surface area contributed by atoms with Gasteiger partial charge in [0.25, 0.3) is 0 Å². The lowest BCUT2D eigenvalue weighted by Gasteiger charge is -2.27. The average molecular weight is 512 g/mol. The van der Waals surface area contributed by atoms with Gasteiger partial charge in [-0.05, 0) is 37.8 Å².